The van der Waals surface area contributed by atoms with Crippen LogP contribution in [-0.2, 0) is 15.4 Å². The summed E-state index contributed by atoms with van der Waals surface area (Å²) in [6.07, 6.45) is 0. The maximum absolute atomic E-state index is 12.4. The summed E-state index contributed by atoms with van der Waals surface area (Å²) in [4.78, 5) is 0.244. The van der Waals surface area contributed by atoms with Gasteiger partial charge in [-0.05, 0) is 53.8 Å². The molecule has 0 heterocycles. The molecule has 5 nitrogen and oxygen atoms in total. The molecule has 0 bridgehead atoms. The Morgan fingerprint density at radius 2 is 1.77 bits per heavy atom. The van der Waals surface area contributed by atoms with Crippen LogP contribution in [-0.4, -0.2) is 28.7 Å². The van der Waals surface area contributed by atoms with Crippen molar-refractivity contribution in [3.05, 3.63) is 53.6 Å². The van der Waals surface area contributed by atoms with E-state index in [2.05, 4.69) is 31.6 Å². The van der Waals surface area contributed by atoms with Crippen LogP contribution < -0.4 is 14.2 Å². The van der Waals surface area contributed by atoms with Gasteiger partial charge in [0.05, 0.1) is 12.0 Å². The molecule has 0 unspecified atom stereocenters. The Kier molecular flexibility index (Phi) is 6.31. The lowest BCUT2D eigenvalue weighted by Crippen LogP contribution is -2.28. The maximum Gasteiger partial charge on any atom is 0.240 e. The van der Waals surface area contributed by atoms with Crippen LogP contribution in [0, 0.1) is 6.92 Å². The van der Waals surface area contributed by atoms with Crippen molar-refractivity contribution < 1.29 is 17.9 Å². The topological polar surface area (TPSA) is 64.6 Å². The average molecular weight is 378 g/mol. The number of nitrogens with one attached hydrogen (secondary N) is 1. The molecular weight excluding hydrogens is 350 g/mol. The minimum Gasteiger partial charge on any atom is -0.497 e. The molecule has 0 atom stereocenters. The fourth-order valence-electron chi connectivity index (χ4n) is 2.53. The van der Waals surface area contributed by atoms with Crippen LogP contribution in [0.3, 0.4) is 0 Å². The molecule has 0 aliphatic heterocycles. The molecule has 0 fully saturated rings. The fourth-order valence-corrected chi connectivity index (χ4v) is 3.76. The largest absolute Gasteiger partial charge is 0.497 e. The highest BCUT2D eigenvalue weighted by molar-refractivity contribution is 7.89. The van der Waals surface area contributed by atoms with Crippen molar-refractivity contribution in [3.8, 4) is 11.5 Å². The first-order chi connectivity index (χ1) is 12.1. The zero-order chi connectivity index (χ0) is 19.4. The minimum absolute atomic E-state index is 0.0346. The van der Waals surface area contributed by atoms with E-state index in [1.165, 1.54) is 5.56 Å². The lowest BCUT2D eigenvalue weighted by molar-refractivity contribution is 0.322. The van der Waals surface area contributed by atoms with Crippen LogP contribution in [0.1, 0.15) is 31.9 Å². The summed E-state index contributed by atoms with van der Waals surface area (Å²) in [5.74, 6) is 1.36. The van der Waals surface area contributed by atoms with Crippen molar-refractivity contribution >= 4 is 10.0 Å². The second-order valence-electron chi connectivity index (χ2n) is 7.16. The Balaban J connectivity index is 1.95. The molecular formula is C20H27NO4S. The molecule has 6 heteroatoms. The maximum atomic E-state index is 12.4. The van der Waals surface area contributed by atoms with Crippen molar-refractivity contribution in [2.45, 2.75) is 38.0 Å². The number of aryl methyl sites for hydroxylation is 1. The molecule has 142 valence electrons. The predicted octanol–water partition coefficient (Wildman–Crippen LogP) is 3.66. The van der Waals surface area contributed by atoms with Crippen LogP contribution >= 0.6 is 0 Å². The number of hydrogen-bond donors (Lipinski definition) is 1. The van der Waals surface area contributed by atoms with Gasteiger partial charge in [0, 0.05) is 6.54 Å². The lowest BCUT2D eigenvalue weighted by Gasteiger charge is -2.19. The molecule has 0 amide bonds. The second-order valence-corrected chi connectivity index (χ2v) is 8.89. The third kappa shape index (κ3) is 5.22. The van der Waals surface area contributed by atoms with E-state index in [1.54, 1.807) is 32.2 Å². The zero-order valence-corrected chi connectivity index (χ0v) is 16.8. The first kappa shape index (κ1) is 20.3. The van der Waals surface area contributed by atoms with Crippen molar-refractivity contribution in [1.29, 1.82) is 0 Å². The highest BCUT2D eigenvalue weighted by Crippen LogP contribution is 2.25. The van der Waals surface area contributed by atoms with Crippen LogP contribution in [0.25, 0.3) is 0 Å². The fraction of sp³-hybridized carbons (Fsp3) is 0.400. The van der Waals surface area contributed by atoms with Crippen molar-refractivity contribution in [2.75, 3.05) is 20.3 Å². The van der Waals surface area contributed by atoms with Gasteiger partial charge in [0.25, 0.3) is 0 Å². The Labute approximate surface area is 156 Å². The van der Waals surface area contributed by atoms with Gasteiger partial charge in [-0.2, -0.15) is 0 Å². The van der Waals surface area contributed by atoms with E-state index in [0.29, 0.717) is 11.3 Å². The molecule has 0 aliphatic carbocycles. The third-order valence-electron chi connectivity index (χ3n) is 4.03. The number of ether oxygens (including phenoxy) is 2. The second kappa shape index (κ2) is 8.10. The minimum atomic E-state index is -3.59. The summed E-state index contributed by atoms with van der Waals surface area (Å²) in [7, 11) is -2.04. The molecule has 2 rings (SSSR count). The van der Waals surface area contributed by atoms with Gasteiger partial charge in [-0.3, -0.25) is 0 Å². The summed E-state index contributed by atoms with van der Waals surface area (Å²) in [6, 6.07) is 12.7. The van der Waals surface area contributed by atoms with E-state index in [1.807, 2.05) is 18.2 Å². The molecule has 0 saturated heterocycles. The van der Waals surface area contributed by atoms with Gasteiger partial charge in [-0.1, -0.05) is 32.9 Å². The lowest BCUT2D eigenvalue weighted by atomic mass is 9.87. The molecule has 0 radical (unpaired) electrons. The molecule has 0 aromatic heterocycles. The average Bonchev–Trinajstić information content (AvgIpc) is 2.58. The molecule has 0 saturated carbocycles. The smallest absolute Gasteiger partial charge is 0.240 e. The van der Waals surface area contributed by atoms with Crippen LogP contribution in [0.2, 0.25) is 0 Å². The van der Waals surface area contributed by atoms with Crippen LogP contribution in [0.5, 0.6) is 11.5 Å². The highest BCUT2D eigenvalue weighted by atomic mass is 32.2. The Hall–Kier alpha value is -2.05. The first-order valence-electron chi connectivity index (χ1n) is 8.51. The normalized spacial score (nSPS) is 12.0. The van der Waals surface area contributed by atoms with E-state index in [4.69, 9.17) is 9.47 Å². The van der Waals surface area contributed by atoms with Gasteiger partial charge in [-0.25, -0.2) is 13.1 Å². The van der Waals surface area contributed by atoms with Gasteiger partial charge in [0.2, 0.25) is 10.0 Å². The quantitative estimate of drug-likeness (QED) is 0.748. The van der Waals surface area contributed by atoms with Gasteiger partial charge in [0.15, 0.2) is 0 Å². The monoisotopic (exact) mass is 377 g/mol. The summed E-state index contributed by atoms with van der Waals surface area (Å²) in [5.41, 5.74) is 1.84. The zero-order valence-electron chi connectivity index (χ0n) is 16.0. The van der Waals surface area contributed by atoms with Crippen molar-refractivity contribution in [3.63, 3.8) is 0 Å². The number of rotatable bonds is 7. The van der Waals surface area contributed by atoms with Gasteiger partial charge < -0.3 is 9.47 Å². The predicted molar refractivity (Wildman–Crippen MR) is 104 cm³/mol. The summed E-state index contributed by atoms with van der Waals surface area (Å²) in [5, 5.41) is 0. The Morgan fingerprint density at radius 3 is 2.38 bits per heavy atom. The summed E-state index contributed by atoms with van der Waals surface area (Å²) >= 11 is 0. The van der Waals surface area contributed by atoms with Gasteiger partial charge in [-0.15, -0.1) is 0 Å². The van der Waals surface area contributed by atoms with Crippen LogP contribution in [0.15, 0.2) is 47.4 Å². The molecule has 0 spiro atoms. The third-order valence-corrected chi connectivity index (χ3v) is 5.66. The number of methoxy groups -OCH3 is 1. The highest BCUT2D eigenvalue weighted by Gasteiger charge is 2.17. The van der Waals surface area contributed by atoms with E-state index >= 15 is 0 Å². The van der Waals surface area contributed by atoms with Crippen molar-refractivity contribution in [2.24, 2.45) is 0 Å². The van der Waals surface area contributed by atoms with E-state index in [-0.39, 0.29) is 23.5 Å². The molecule has 2 aromatic carbocycles. The molecule has 0 aliphatic rings. The molecule has 1 N–H and O–H groups in total. The standard InChI is InChI=1S/C20H27NO4S/c1-15-13-17(24-5)9-10-19(15)26(22,23)21-11-12-25-18-8-6-7-16(14-18)20(2,3)4/h6-10,13-14,21H,11-12H2,1-5H3. The SMILES string of the molecule is COc1ccc(S(=O)(=O)NCCOc2cccc(C(C)(C)C)c2)c(C)c1. The van der Waals surface area contributed by atoms with E-state index in [9.17, 15) is 8.42 Å². The number of benzene rings is 2. The summed E-state index contributed by atoms with van der Waals surface area (Å²) in [6.45, 7) is 8.59. The Bertz CT molecular complexity index is 854. The Morgan fingerprint density at radius 1 is 1.04 bits per heavy atom. The number of hydrogen-bond acceptors (Lipinski definition) is 4. The van der Waals surface area contributed by atoms with E-state index < -0.39 is 10.0 Å². The summed E-state index contributed by atoms with van der Waals surface area (Å²) < 4.78 is 38.3. The van der Waals surface area contributed by atoms with Gasteiger partial charge in [0.1, 0.15) is 18.1 Å². The molecule has 26 heavy (non-hydrogen) atoms. The molecule has 2 aromatic rings. The number of sulfonamides is 1. The van der Waals surface area contributed by atoms with E-state index in [0.717, 1.165) is 5.75 Å². The van der Waals surface area contributed by atoms with Gasteiger partial charge >= 0.3 is 0 Å². The van der Waals surface area contributed by atoms with Crippen LogP contribution in [0.4, 0.5) is 0 Å². The first-order valence-corrected chi connectivity index (χ1v) is 9.99. The van der Waals surface area contributed by atoms with Crippen molar-refractivity contribution in [1.82, 2.24) is 4.72 Å².